The van der Waals surface area contributed by atoms with Gasteiger partial charge in [-0.2, -0.15) is 0 Å². The van der Waals surface area contributed by atoms with Gasteiger partial charge >= 0.3 is 0 Å². The first-order valence-corrected chi connectivity index (χ1v) is 6.07. The molecule has 1 aromatic heterocycles. The zero-order valence-corrected chi connectivity index (χ0v) is 10.4. The number of nitrogens with one attached hydrogen (secondary N) is 1. The molecule has 0 fully saturated rings. The zero-order valence-electron chi connectivity index (χ0n) is 10.4. The predicted molar refractivity (Wildman–Crippen MR) is 70.0 cm³/mol. The average molecular weight is 229 g/mol. The van der Waals surface area contributed by atoms with E-state index < -0.39 is 0 Å². The molecule has 0 bridgehead atoms. The van der Waals surface area contributed by atoms with Crippen molar-refractivity contribution in [2.24, 2.45) is 0 Å². The maximum Gasteiger partial charge on any atom is 0.121 e. The monoisotopic (exact) mass is 229 g/mol. The van der Waals surface area contributed by atoms with Gasteiger partial charge in [-0.1, -0.05) is 30.3 Å². The summed E-state index contributed by atoms with van der Waals surface area (Å²) in [7, 11) is 1.98. The first kappa shape index (κ1) is 11.9. The van der Waals surface area contributed by atoms with E-state index in [-0.39, 0.29) is 0 Å². The Morgan fingerprint density at radius 3 is 2.47 bits per heavy atom. The van der Waals surface area contributed by atoms with Crippen LogP contribution in [-0.2, 0) is 6.42 Å². The summed E-state index contributed by atoms with van der Waals surface area (Å²) < 4.78 is 5.66. The molecular weight excluding hydrogens is 210 g/mol. The van der Waals surface area contributed by atoms with Crippen LogP contribution in [0.25, 0.3) is 0 Å². The zero-order chi connectivity index (χ0) is 12.1. The van der Waals surface area contributed by atoms with E-state index in [0.717, 1.165) is 24.4 Å². The van der Waals surface area contributed by atoms with Crippen molar-refractivity contribution in [1.82, 2.24) is 5.32 Å². The number of hydrogen-bond donors (Lipinski definition) is 1. The lowest BCUT2D eigenvalue weighted by Crippen LogP contribution is -2.16. The Hall–Kier alpha value is -1.54. The van der Waals surface area contributed by atoms with E-state index in [1.54, 1.807) is 0 Å². The van der Waals surface area contributed by atoms with Gasteiger partial charge in [0.15, 0.2) is 0 Å². The summed E-state index contributed by atoms with van der Waals surface area (Å²) in [5.41, 5.74) is 1.37. The highest BCUT2D eigenvalue weighted by atomic mass is 16.3. The molecule has 2 nitrogen and oxygen atoms in total. The van der Waals surface area contributed by atoms with Crippen LogP contribution in [0.2, 0.25) is 0 Å². The van der Waals surface area contributed by atoms with E-state index >= 15 is 0 Å². The lowest BCUT2D eigenvalue weighted by atomic mass is 10.0. The fourth-order valence-electron chi connectivity index (χ4n) is 2.03. The molecule has 0 aliphatic carbocycles. The summed E-state index contributed by atoms with van der Waals surface area (Å²) in [5, 5.41) is 3.31. The van der Waals surface area contributed by atoms with Crippen molar-refractivity contribution in [3.63, 3.8) is 0 Å². The van der Waals surface area contributed by atoms with Gasteiger partial charge in [-0.25, -0.2) is 0 Å². The summed E-state index contributed by atoms with van der Waals surface area (Å²) in [4.78, 5) is 0. The summed E-state index contributed by atoms with van der Waals surface area (Å²) in [6.07, 6.45) is 2.11. The van der Waals surface area contributed by atoms with Crippen molar-refractivity contribution in [3.8, 4) is 0 Å². The summed E-state index contributed by atoms with van der Waals surface area (Å²) >= 11 is 0. The second-order valence-corrected chi connectivity index (χ2v) is 4.31. The molecule has 2 rings (SSSR count). The Morgan fingerprint density at radius 2 is 1.88 bits per heavy atom. The normalized spacial score (nSPS) is 12.6. The molecule has 17 heavy (non-hydrogen) atoms. The second-order valence-electron chi connectivity index (χ2n) is 4.31. The Bertz CT molecular complexity index is 447. The predicted octanol–water partition coefficient (Wildman–Crippen LogP) is 3.48. The van der Waals surface area contributed by atoms with Gasteiger partial charge in [0.2, 0.25) is 0 Å². The smallest absolute Gasteiger partial charge is 0.121 e. The van der Waals surface area contributed by atoms with Gasteiger partial charge in [-0.05, 0) is 44.5 Å². The maximum absolute atomic E-state index is 5.66. The van der Waals surface area contributed by atoms with Gasteiger partial charge in [0.05, 0.1) is 6.04 Å². The fourth-order valence-corrected chi connectivity index (χ4v) is 2.03. The average Bonchev–Trinajstić information content (AvgIpc) is 2.78. The van der Waals surface area contributed by atoms with E-state index in [0.29, 0.717) is 6.04 Å². The van der Waals surface area contributed by atoms with Crippen LogP contribution in [0, 0.1) is 6.92 Å². The molecule has 0 spiro atoms. The van der Waals surface area contributed by atoms with Crippen LogP contribution in [0.15, 0.2) is 46.9 Å². The van der Waals surface area contributed by atoms with Crippen molar-refractivity contribution >= 4 is 0 Å². The molecule has 1 N–H and O–H groups in total. The number of benzene rings is 1. The number of rotatable bonds is 5. The molecule has 90 valence electrons. The largest absolute Gasteiger partial charge is 0.465 e. The highest BCUT2D eigenvalue weighted by Crippen LogP contribution is 2.20. The van der Waals surface area contributed by atoms with E-state index in [1.807, 2.05) is 20.0 Å². The minimum atomic E-state index is 0.295. The van der Waals surface area contributed by atoms with Gasteiger partial charge in [0.25, 0.3) is 0 Å². The molecule has 1 atom stereocenters. The fraction of sp³-hybridized carbons (Fsp3) is 0.333. The molecular formula is C15H19NO. The first-order valence-electron chi connectivity index (χ1n) is 6.07. The highest BCUT2D eigenvalue weighted by Gasteiger charge is 2.12. The van der Waals surface area contributed by atoms with Crippen LogP contribution < -0.4 is 5.32 Å². The minimum Gasteiger partial charge on any atom is -0.465 e. The lowest BCUT2D eigenvalue weighted by molar-refractivity contribution is 0.402. The molecule has 0 amide bonds. The topological polar surface area (TPSA) is 25.2 Å². The lowest BCUT2D eigenvalue weighted by Gasteiger charge is -2.13. The van der Waals surface area contributed by atoms with Gasteiger partial charge in [0.1, 0.15) is 11.5 Å². The van der Waals surface area contributed by atoms with Crippen molar-refractivity contribution in [2.45, 2.75) is 25.8 Å². The van der Waals surface area contributed by atoms with Crippen molar-refractivity contribution in [3.05, 3.63) is 59.5 Å². The van der Waals surface area contributed by atoms with Crippen LogP contribution in [0.3, 0.4) is 0 Å². The Balaban J connectivity index is 1.97. The number of hydrogen-bond acceptors (Lipinski definition) is 2. The van der Waals surface area contributed by atoms with Gasteiger partial charge in [-0.15, -0.1) is 0 Å². The van der Waals surface area contributed by atoms with E-state index in [9.17, 15) is 0 Å². The first-order chi connectivity index (χ1) is 8.29. The molecule has 1 aromatic carbocycles. The maximum atomic E-state index is 5.66. The molecule has 2 heteroatoms. The Labute approximate surface area is 103 Å². The van der Waals surface area contributed by atoms with E-state index in [4.69, 9.17) is 4.42 Å². The summed E-state index contributed by atoms with van der Waals surface area (Å²) in [6.45, 7) is 1.98. The van der Waals surface area contributed by atoms with Crippen LogP contribution in [-0.4, -0.2) is 7.05 Å². The third-order valence-electron chi connectivity index (χ3n) is 3.02. The minimum absolute atomic E-state index is 0.295. The van der Waals surface area contributed by atoms with Crippen molar-refractivity contribution in [1.29, 1.82) is 0 Å². The molecule has 0 radical (unpaired) electrons. The van der Waals surface area contributed by atoms with Gasteiger partial charge in [0, 0.05) is 0 Å². The molecule has 1 unspecified atom stereocenters. The van der Waals surface area contributed by atoms with Crippen LogP contribution >= 0.6 is 0 Å². The molecule has 2 aromatic rings. The Kier molecular flexibility index (Phi) is 3.99. The molecule has 0 aliphatic rings. The standard InChI is InChI=1S/C15H19NO/c1-12-8-11-15(17-12)14(16-2)10-9-13-6-4-3-5-7-13/h3-8,11,14,16H,9-10H2,1-2H3. The second kappa shape index (κ2) is 5.69. The molecule has 0 saturated carbocycles. The van der Waals surface area contributed by atoms with E-state index in [1.165, 1.54) is 5.56 Å². The summed E-state index contributed by atoms with van der Waals surface area (Å²) in [6, 6.07) is 14.9. The SMILES string of the molecule is CNC(CCc1ccccc1)c1ccc(C)o1. The molecule has 0 saturated heterocycles. The third-order valence-corrected chi connectivity index (χ3v) is 3.02. The Morgan fingerprint density at radius 1 is 1.12 bits per heavy atom. The summed E-state index contributed by atoms with van der Waals surface area (Å²) in [5.74, 6) is 2.00. The number of furan rings is 1. The van der Waals surface area contributed by atoms with E-state index in [2.05, 4.69) is 41.7 Å². The van der Waals surface area contributed by atoms with Crippen LogP contribution in [0.4, 0.5) is 0 Å². The van der Waals surface area contributed by atoms with Crippen LogP contribution in [0.5, 0.6) is 0 Å². The van der Waals surface area contributed by atoms with Crippen molar-refractivity contribution in [2.75, 3.05) is 7.05 Å². The van der Waals surface area contributed by atoms with Gasteiger partial charge in [-0.3, -0.25) is 0 Å². The highest BCUT2D eigenvalue weighted by molar-refractivity contribution is 5.16. The molecule has 1 heterocycles. The molecule has 0 aliphatic heterocycles. The number of aryl methyl sites for hydroxylation is 2. The third kappa shape index (κ3) is 3.21. The quantitative estimate of drug-likeness (QED) is 0.849. The van der Waals surface area contributed by atoms with Crippen molar-refractivity contribution < 1.29 is 4.42 Å². The van der Waals surface area contributed by atoms with Crippen LogP contribution in [0.1, 0.15) is 29.5 Å². The van der Waals surface area contributed by atoms with Gasteiger partial charge < -0.3 is 9.73 Å².